The summed E-state index contributed by atoms with van der Waals surface area (Å²) in [6.07, 6.45) is 1.28. The van der Waals surface area contributed by atoms with Crippen LogP contribution in [0.1, 0.15) is 48.4 Å². The number of thiophene rings is 1. The zero-order chi connectivity index (χ0) is 26.7. The van der Waals surface area contributed by atoms with Gasteiger partial charge < -0.3 is 21.1 Å². The van der Waals surface area contributed by atoms with E-state index in [2.05, 4.69) is 28.1 Å². The SMILES string of the molecule is BC(C)(CC)SCC(=O)NCC(=O)N[C@@H](CCC(=O)O)C(=O)Nc1cccc(Cc2ccc(C)s2)c1. The summed E-state index contributed by atoms with van der Waals surface area (Å²) in [5.74, 6) is -2.20. The number of carboxylic acid groups (broad SMARTS) is 1. The molecule has 1 aromatic heterocycles. The number of aryl methyl sites for hydroxylation is 1. The lowest BCUT2D eigenvalue weighted by Crippen LogP contribution is -2.48. The van der Waals surface area contributed by atoms with Crippen molar-refractivity contribution in [3.63, 3.8) is 0 Å². The van der Waals surface area contributed by atoms with Crippen molar-refractivity contribution in [2.24, 2.45) is 0 Å². The van der Waals surface area contributed by atoms with E-state index in [-0.39, 0.29) is 35.7 Å². The highest BCUT2D eigenvalue weighted by Gasteiger charge is 2.23. The molecule has 0 fully saturated rings. The van der Waals surface area contributed by atoms with E-state index in [1.165, 1.54) is 21.5 Å². The first-order valence-electron chi connectivity index (χ1n) is 11.8. The van der Waals surface area contributed by atoms with Gasteiger partial charge in [-0.1, -0.05) is 26.0 Å². The van der Waals surface area contributed by atoms with Crippen LogP contribution in [0.3, 0.4) is 0 Å². The molecule has 11 heteroatoms. The Bertz CT molecular complexity index is 1070. The number of carboxylic acids is 1. The summed E-state index contributed by atoms with van der Waals surface area (Å²) in [4.78, 5) is 50.9. The second kappa shape index (κ2) is 14.1. The molecule has 194 valence electrons. The first-order chi connectivity index (χ1) is 17.0. The van der Waals surface area contributed by atoms with Gasteiger partial charge in [0.25, 0.3) is 0 Å². The van der Waals surface area contributed by atoms with Crippen LogP contribution in [0.2, 0.25) is 0 Å². The Hall–Kier alpha value is -2.79. The molecule has 36 heavy (non-hydrogen) atoms. The summed E-state index contributed by atoms with van der Waals surface area (Å²) < 4.78 is -0.0420. The zero-order valence-electron chi connectivity index (χ0n) is 21.2. The van der Waals surface area contributed by atoms with Gasteiger partial charge in [-0.3, -0.25) is 19.2 Å². The number of amides is 3. The third-order valence-corrected chi connectivity index (χ3v) is 8.04. The molecule has 4 N–H and O–H groups in total. The van der Waals surface area contributed by atoms with Gasteiger partial charge in [-0.15, -0.1) is 11.3 Å². The van der Waals surface area contributed by atoms with Crippen LogP contribution in [0.25, 0.3) is 0 Å². The lowest BCUT2D eigenvalue weighted by atomic mass is 9.86. The highest BCUT2D eigenvalue weighted by molar-refractivity contribution is 8.02. The van der Waals surface area contributed by atoms with Crippen molar-refractivity contribution < 1.29 is 24.3 Å². The monoisotopic (exact) mass is 531 g/mol. The molecule has 0 radical (unpaired) electrons. The highest BCUT2D eigenvalue weighted by Crippen LogP contribution is 2.24. The van der Waals surface area contributed by atoms with Gasteiger partial charge in [0.1, 0.15) is 13.9 Å². The fraction of sp³-hybridized carbons (Fsp3) is 0.440. The van der Waals surface area contributed by atoms with E-state index >= 15 is 0 Å². The van der Waals surface area contributed by atoms with Gasteiger partial charge in [0, 0.05) is 28.3 Å². The van der Waals surface area contributed by atoms with Crippen LogP contribution >= 0.6 is 23.1 Å². The molecule has 3 amide bonds. The van der Waals surface area contributed by atoms with Gasteiger partial charge in [0.15, 0.2) is 0 Å². The minimum Gasteiger partial charge on any atom is -0.481 e. The molecule has 0 aliphatic heterocycles. The molecule has 8 nitrogen and oxygen atoms in total. The summed E-state index contributed by atoms with van der Waals surface area (Å²) in [7, 11) is 2.04. The summed E-state index contributed by atoms with van der Waals surface area (Å²) in [5.41, 5.74) is 1.58. The minimum absolute atomic E-state index is 0.0420. The second-order valence-corrected chi connectivity index (χ2v) is 12.2. The normalized spacial score (nSPS) is 13.3. The van der Waals surface area contributed by atoms with Crippen molar-refractivity contribution in [2.45, 2.75) is 57.1 Å². The van der Waals surface area contributed by atoms with E-state index in [4.69, 9.17) is 5.11 Å². The number of benzene rings is 1. The molecular weight excluding hydrogens is 497 g/mol. The van der Waals surface area contributed by atoms with Crippen LogP contribution in [0.15, 0.2) is 36.4 Å². The smallest absolute Gasteiger partial charge is 0.303 e. The molecule has 1 aromatic carbocycles. The first kappa shape index (κ1) is 29.4. The van der Waals surface area contributed by atoms with Gasteiger partial charge in [-0.25, -0.2) is 0 Å². The summed E-state index contributed by atoms with van der Waals surface area (Å²) >= 11 is 3.21. The highest BCUT2D eigenvalue weighted by atomic mass is 32.2. The zero-order valence-corrected chi connectivity index (χ0v) is 22.8. The average Bonchev–Trinajstić information content (AvgIpc) is 3.23. The molecule has 0 saturated carbocycles. The van der Waals surface area contributed by atoms with Crippen molar-refractivity contribution in [3.8, 4) is 0 Å². The maximum Gasteiger partial charge on any atom is 0.303 e. The molecule has 0 spiro atoms. The maximum absolute atomic E-state index is 12.9. The molecule has 0 saturated heterocycles. The molecular formula is C25H34BN3O5S2. The number of anilines is 1. The largest absolute Gasteiger partial charge is 0.481 e. The number of rotatable bonds is 14. The predicted octanol–water partition coefficient (Wildman–Crippen LogP) is 2.54. The van der Waals surface area contributed by atoms with E-state index in [1.54, 1.807) is 17.4 Å². The molecule has 2 rings (SSSR count). The number of carbonyl (C=O) groups is 4. The number of aliphatic carboxylic acids is 1. The number of hydrogen-bond donors (Lipinski definition) is 4. The van der Waals surface area contributed by atoms with E-state index in [0.717, 1.165) is 18.4 Å². The maximum atomic E-state index is 12.9. The first-order valence-corrected chi connectivity index (χ1v) is 13.6. The van der Waals surface area contributed by atoms with Crippen molar-refractivity contribution >= 4 is 60.3 Å². The van der Waals surface area contributed by atoms with Gasteiger partial charge >= 0.3 is 5.97 Å². The lowest BCUT2D eigenvalue weighted by molar-refractivity contribution is -0.137. The standard InChI is InChI=1S/C25H34BN3O5S2/c1-4-25(3,26)35-15-22(31)27-14-21(30)29-20(10-11-23(32)33)24(34)28-18-7-5-6-17(12-18)13-19-9-8-16(2)36-19/h5-9,12,20H,4,10-11,13-15,26H2,1-3H3,(H,27,31)(H,28,34)(H,29,30)(H,32,33)/t20-,25?/m0/s1. The van der Waals surface area contributed by atoms with Crippen molar-refractivity contribution in [3.05, 3.63) is 51.7 Å². The molecule has 2 aromatic rings. The van der Waals surface area contributed by atoms with E-state index in [1.807, 2.05) is 46.8 Å². The van der Waals surface area contributed by atoms with Crippen LogP contribution in [0.5, 0.6) is 0 Å². The summed E-state index contributed by atoms with van der Waals surface area (Å²) in [5, 5.41) is 16.9. The Morgan fingerprint density at radius 2 is 1.92 bits per heavy atom. The van der Waals surface area contributed by atoms with Crippen molar-refractivity contribution in [2.75, 3.05) is 17.6 Å². The van der Waals surface area contributed by atoms with E-state index < -0.39 is 23.8 Å². The Morgan fingerprint density at radius 3 is 2.56 bits per heavy atom. The molecule has 1 heterocycles. The molecule has 0 aliphatic carbocycles. The molecule has 0 aliphatic rings. The fourth-order valence-electron chi connectivity index (χ4n) is 3.14. The molecule has 1 unspecified atom stereocenters. The number of carbonyl (C=O) groups excluding carboxylic acids is 3. The fourth-order valence-corrected chi connectivity index (χ4v) is 4.90. The molecule has 2 atom stereocenters. The van der Waals surface area contributed by atoms with Crippen LogP contribution in [0, 0.1) is 6.92 Å². The van der Waals surface area contributed by atoms with Gasteiger partial charge in [0.05, 0.1) is 12.3 Å². The topological polar surface area (TPSA) is 125 Å². The van der Waals surface area contributed by atoms with Crippen LogP contribution in [-0.4, -0.2) is 59.6 Å². The Kier molecular flexibility index (Phi) is 11.5. The minimum atomic E-state index is -1.07. The Labute approximate surface area is 221 Å². The quantitative estimate of drug-likeness (QED) is 0.278. The Morgan fingerprint density at radius 1 is 1.17 bits per heavy atom. The van der Waals surface area contributed by atoms with E-state index in [0.29, 0.717) is 5.69 Å². The average molecular weight is 532 g/mol. The van der Waals surface area contributed by atoms with Crippen LogP contribution in [0.4, 0.5) is 5.69 Å². The Balaban J connectivity index is 1.95. The third-order valence-electron chi connectivity index (χ3n) is 5.56. The van der Waals surface area contributed by atoms with Crippen molar-refractivity contribution in [1.82, 2.24) is 10.6 Å². The predicted molar refractivity (Wildman–Crippen MR) is 148 cm³/mol. The lowest BCUT2D eigenvalue weighted by Gasteiger charge is -2.21. The summed E-state index contributed by atoms with van der Waals surface area (Å²) in [6.45, 7) is 5.84. The number of nitrogens with one attached hydrogen (secondary N) is 3. The van der Waals surface area contributed by atoms with Crippen LogP contribution in [-0.2, 0) is 25.6 Å². The van der Waals surface area contributed by atoms with Gasteiger partial charge in [-0.05, 0) is 54.2 Å². The van der Waals surface area contributed by atoms with Crippen LogP contribution < -0.4 is 16.0 Å². The number of hydrogen-bond acceptors (Lipinski definition) is 6. The second-order valence-electron chi connectivity index (χ2n) is 9.11. The summed E-state index contributed by atoms with van der Waals surface area (Å²) in [6, 6.07) is 10.5. The molecule has 0 bridgehead atoms. The van der Waals surface area contributed by atoms with Gasteiger partial charge in [-0.2, -0.15) is 11.8 Å². The third kappa shape index (κ3) is 10.9. The number of thioether (sulfide) groups is 1. The van der Waals surface area contributed by atoms with Crippen molar-refractivity contribution in [1.29, 1.82) is 0 Å². The van der Waals surface area contributed by atoms with E-state index in [9.17, 15) is 19.2 Å². The van der Waals surface area contributed by atoms with Gasteiger partial charge in [0.2, 0.25) is 17.7 Å².